The van der Waals surface area contributed by atoms with Crippen molar-refractivity contribution in [2.24, 2.45) is 0 Å². The van der Waals surface area contributed by atoms with Gasteiger partial charge in [-0.05, 0) is 44.0 Å². The first kappa shape index (κ1) is 16.2. The quantitative estimate of drug-likeness (QED) is 0.738. The van der Waals surface area contributed by atoms with E-state index >= 15 is 0 Å². The molecule has 3 aromatic heterocycles. The third kappa shape index (κ3) is 3.57. The highest BCUT2D eigenvalue weighted by molar-refractivity contribution is 7.17. The summed E-state index contributed by atoms with van der Waals surface area (Å²) in [5.74, 6) is -0.218. The number of pyridine rings is 1. The molecule has 1 saturated heterocycles. The van der Waals surface area contributed by atoms with Gasteiger partial charge in [-0.1, -0.05) is 0 Å². The SMILES string of the molecule is Cc1ccc(-c2csc(NC(=O)c3cc(N4CCCC4)ccn3)n2)s1. The maximum absolute atomic E-state index is 12.5. The van der Waals surface area contributed by atoms with E-state index in [-0.39, 0.29) is 5.91 Å². The van der Waals surface area contributed by atoms with Crippen molar-refractivity contribution in [3.63, 3.8) is 0 Å². The van der Waals surface area contributed by atoms with E-state index in [4.69, 9.17) is 0 Å². The van der Waals surface area contributed by atoms with E-state index in [1.807, 2.05) is 17.5 Å². The Morgan fingerprint density at radius 1 is 1.24 bits per heavy atom. The maximum atomic E-state index is 12.5. The number of rotatable bonds is 4. The van der Waals surface area contributed by atoms with Gasteiger partial charge in [0.05, 0.1) is 10.6 Å². The lowest BCUT2D eigenvalue weighted by molar-refractivity contribution is 0.102. The number of aromatic nitrogens is 2. The fourth-order valence-electron chi connectivity index (χ4n) is 2.89. The summed E-state index contributed by atoms with van der Waals surface area (Å²) in [6.07, 6.45) is 4.10. The van der Waals surface area contributed by atoms with Gasteiger partial charge >= 0.3 is 0 Å². The molecular weight excluding hydrogens is 352 g/mol. The van der Waals surface area contributed by atoms with E-state index in [0.717, 1.165) is 29.3 Å². The third-order valence-electron chi connectivity index (χ3n) is 4.16. The van der Waals surface area contributed by atoms with Gasteiger partial charge in [-0.2, -0.15) is 0 Å². The second-order valence-electron chi connectivity index (χ2n) is 6.00. The highest BCUT2D eigenvalue weighted by atomic mass is 32.1. The molecule has 0 radical (unpaired) electrons. The highest BCUT2D eigenvalue weighted by Gasteiger charge is 2.16. The number of thiophene rings is 1. The van der Waals surface area contributed by atoms with Gasteiger partial charge in [-0.3, -0.25) is 15.1 Å². The molecule has 0 spiro atoms. The van der Waals surface area contributed by atoms with Gasteiger partial charge in [0.15, 0.2) is 5.13 Å². The number of thiazole rings is 1. The third-order valence-corrected chi connectivity index (χ3v) is 5.95. The zero-order valence-electron chi connectivity index (χ0n) is 13.9. The van der Waals surface area contributed by atoms with E-state index in [0.29, 0.717) is 10.8 Å². The van der Waals surface area contributed by atoms with E-state index in [1.54, 1.807) is 17.5 Å². The van der Waals surface area contributed by atoms with Crippen LogP contribution in [0.5, 0.6) is 0 Å². The van der Waals surface area contributed by atoms with Crippen molar-refractivity contribution in [1.29, 1.82) is 0 Å². The molecule has 3 aromatic rings. The minimum atomic E-state index is -0.218. The zero-order chi connectivity index (χ0) is 17.2. The molecule has 128 valence electrons. The molecule has 1 amide bonds. The summed E-state index contributed by atoms with van der Waals surface area (Å²) in [5.41, 5.74) is 2.39. The van der Waals surface area contributed by atoms with Crippen molar-refractivity contribution in [3.05, 3.63) is 46.4 Å². The van der Waals surface area contributed by atoms with Crippen LogP contribution in [0.15, 0.2) is 35.8 Å². The van der Waals surface area contributed by atoms with Crippen LogP contribution in [-0.4, -0.2) is 29.0 Å². The predicted octanol–water partition coefficient (Wildman–Crippen LogP) is 4.43. The second-order valence-corrected chi connectivity index (χ2v) is 8.14. The average Bonchev–Trinajstić information content (AvgIpc) is 3.36. The molecule has 0 bridgehead atoms. The first-order valence-electron chi connectivity index (χ1n) is 8.24. The van der Waals surface area contributed by atoms with Crippen LogP contribution < -0.4 is 10.2 Å². The Morgan fingerprint density at radius 2 is 2.08 bits per heavy atom. The number of nitrogens with zero attached hydrogens (tertiary/aromatic N) is 3. The van der Waals surface area contributed by atoms with Crippen molar-refractivity contribution in [3.8, 4) is 10.6 Å². The van der Waals surface area contributed by atoms with Crippen molar-refractivity contribution in [2.45, 2.75) is 19.8 Å². The van der Waals surface area contributed by atoms with Crippen LogP contribution >= 0.6 is 22.7 Å². The number of anilines is 2. The normalized spacial score (nSPS) is 14.0. The van der Waals surface area contributed by atoms with E-state index < -0.39 is 0 Å². The Labute approximate surface area is 154 Å². The largest absolute Gasteiger partial charge is 0.371 e. The number of hydrogen-bond acceptors (Lipinski definition) is 6. The number of nitrogens with one attached hydrogen (secondary N) is 1. The highest BCUT2D eigenvalue weighted by Crippen LogP contribution is 2.30. The number of carbonyl (C=O) groups is 1. The molecule has 0 atom stereocenters. The lowest BCUT2D eigenvalue weighted by atomic mass is 10.3. The molecule has 5 nitrogen and oxygen atoms in total. The maximum Gasteiger partial charge on any atom is 0.276 e. The molecule has 0 unspecified atom stereocenters. The summed E-state index contributed by atoms with van der Waals surface area (Å²) in [4.78, 5) is 25.9. The molecule has 0 aromatic carbocycles. The van der Waals surface area contributed by atoms with Crippen LogP contribution in [0.3, 0.4) is 0 Å². The molecule has 0 aliphatic carbocycles. The van der Waals surface area contributed by atoms with Crippen molar-refractivity contribution < 1.29 is 4.79 Å². The second kappa shape index (κ2) is 6.93. The lowest BCUT2D eigenvalue weighted by Gasteiger charge is -2.17. The summed E-state index contributed by atoms with van der Waals surface area (Å²) in [6, 6.07) is 7.95. The molecule has 1 fully saturated rings. The molecule has 25 heavy (non-hydrogen) atoms. The van der Waals surface area contributed by atoms with Gasteiger partial charge in [-0.25, -0.2) is 4.98 Å². The molecule has 1 aliphatic heterocycles. The van der Waals surface area contributed by atoms with E-state index in [2.05, 4.69) is 39.2 Å². The number of aryl methyl sites for hydroxylation is 1. The Bertz CT molecular complexity index is 896. The van der Waals surface area contributed by atoms with Crippen LogP contribution in [0.4, 0.5) is 10.8 Å². The predicted molar refractivity (Wildman–Crippen MR) is 104 cm³/mol. The topological polar surface area (TPSA) is 58.1 Å². The molecule has 1 N–H and O–H groups in total. The standard InChI is InChI=1S/C18H18N4OS2/c1-12-4-5-16(25-12)15-11-24-18(20-15)21-17(23)14-10-13(6-7-19-14)22-8-2-3-9-22/h4-7,10-11H,2-3,8-9H2,1H3,(H,20,21,23). The number of hydrogen-bond donors (Lipinski definition) is 1. The van der Waals surface area contributed by atoms with Gasteiger partial charge in [0.25, 0.3) is 5.91 Å². The fraction of sp³-hybridized carbons (Fsp3) is 0.278. The molecule has 1 aliphatic rings. The van der Waals surface area contributed by atoms with Crippen molar-refractivity contribution in [1.82, 2.24) is 9.97 Å². The lowest BCUT2D eigenvalue weighted by Crippen LogP contribution is -2.19. The summed E-state index contributed by atoms with van der Waals surface area (Å²) in [5, 5.41) is 5.43. The van der Waals surface area contributed by atoms with Crippen LogP contribution in [0, 0.1) is 6.92 Å². The molecule has 0 saturated carbocycles. The summed E-state index contributed by atoms with van der Waals surface area (Å²) in [7, 11) is 0. The Hall–Kier alpha value is -2.25. The van der Waals surface area contributed by atoms with Gasteiger partial charge in [0, 0.05) is 35.2 Å². The van der Waals surface area contributed by atoms with E-state index in [9.17, 15) is 4.79 Å². The van der Waals surface area contributed by atoms with Crippen LogP contribution in [-0.2, 0) is 0 Å². The Morgan fingerprint density at radius 3 is 2.84 bits per heavy atom. The summed E-state index contributed by atoms with van der Waals surface area (Å²) in [6.45, 7) is 4.16. The van der Waals surface area contributed by atoms with E-state index in [1.165, 1.54) is 29.1 Å². The fourth-order valence-corrected chi connectivity index (χ4v) is 4.50. The van der Waals surface area contributed by atoms with Crippen LogP contribution in [0.1, 0.15) is 28.2 Å². The number of carbonyl (C=O) groups excluding carboxylic acids is 1. The first-order valence-corrected chi connectivity index (χ1v) is 9.93. The molecular formula is C18H18N4OS2. The summed E-state index contributed by atoms with van der Waals surface area (Å²) < 4.78 is 0. The monoisotopic (exact) mass is 370 g/mol. The van der Waals surface area contributed by atoms with Gasteiger partial charge in [-0.15, -0.1) is 22.7 Å². The van der Waals surface area contributed by atoms with Crippen LogP contribution in [0.25, 0.3) is 10.6 Å². The van der Waals surface area contributed by atoms with Gasteiger partial charge in [0.1, 0.15) is 5.69 Å². The molecule has 4 rings (SSSR count). The minimum Gasteiger partial charge on any atom is -0.371 e. The van der Waals surface area contributed by atoms with Crippen molar-refractivity contribution in [2.75, 3.05) is 23.3 Å². The average molecular weight is 371 g/mol. The zero-order valence-corrected chi connectivity index (χ0v) is 15.5. The molecule has 4 heterocycles. The number of amides is 1. The van der Waals surface area contributed by atoms with Crippen LogP contribution in [0.2, 0.25) is 0 Å². The summed E-state index contributed by atoms with van der Waals surface area (Å²) >= 11 is 3.13. The first-order chi connectivity index (χ1) is 12.2. The minimum absolute atomic E-state index is 0.218. The molecule has 7 heteroatoms. The van der Waals surface area contributed by atoms with Gasteiger partial charge in [0.2, 0.25) is 0 Å². The van der Waals surface area contributed by atoms with Crippen molar-refractivity contribution >= 4 is 39.4 Å². The van der Waals surface area contributed by atoms with Gasteiger partial charge < -0.3 is 4.90 Å². The smallest absolute Gasteiger partial charge is 0.276 e. The Balaban J connectivity index is 1.48. The Kier molecular flexibility index (Phi) is 4.50.